The third kappa shape index (κ3) is 2.71. The normalized spacial score (nSPS) is 26.1. The molecular weight excluding hydrogens is 582 g/mol. The first-order chi connectivity index (χ1) is 18.2. The number of hydrogen-bond acceptors (Lipinski definition) is 0. The summed E-state index contributed by atoms with van der Waals surface area (Å²) in [6.07, 6.45) is 0. The monoisotopic (exact) mass is 606 g/mol. The second kappa shape index (κ2) is 8.49. The van der Waals surface area contributed by atoms with Crippen molar-refractivity contribution in [1.82, 2.24) is 0 Å². The molecule has 0 N–H and O–H groups in total. The van der Waals surface area contributed by atoms with Gasteiger partial charge in [-0.2, -0.15) is 0 Å². The number of rotatable bonds is 2. The highest BCUT2D eigenvalue weighted by molar-refractivity contribution is 6.69. The van der Waals surface area contributed by atoms with Crippen LogP contribution in [0.1, 0.15) is 56.3 Å². The van der Waals surface area contributed by atoms with Gasteiger partial charge in [-0.3, -0.25) is 0 Å². The Hall–Kier alpha value is -1.53. The molecule has 0 nitrogen and oxygen atoms in total. The molecule has 10 rings (SSSR count). The van der Waals surface area contributed by atoms with Crippen molar-refractivity contribution in [3.8, 4) is 0 Å². The Balaban J connectivity index is 1.88. The second-order valence-electron chi connectivity index (χ2n) is 11.3. The molecule has 0 amide bonds. The molecule has 0 atom stereocenters. The largest absolute Gasteiger partial charge is 0.0840 e. The number of benzene rings is 4. The van der Waals surface area contributed by atoms with Gasteiger partial charge in [-0.05, 0) is 68.8 Å². The lowest BCUT2D eigenvalue weighted by atomic mass is 9.51. The standard InChI is InChI=1S/C32H26Cl4Si2/c1-37(2)31-17-9-5-13-21(33)25(17)29(26-18(31)10-6-14-22(26)34)30-27-19(11-7-15-23(27)35)32(31,38(3)4)20-12-8-16-24(36)28(20)30/h5-16,29-30H,1-4H3. The van der Waals surface area contributed by atoms with Crippen LogP contribution >= 0.6 is 46.4 Å². The maximum Gasteiger partial charge on any atom is 0.0610 e. The molecule has 190 valence electrons. The molecule has 6 aliphatic rings. The molecule has 0 saturated heterocycles. The fourth-order valence-electron chi connectivity index (χ4n) is 8.60. The second-order valence-corrected chi connectivity index (χ2v) is 18.4. The van der Waals surface area contributed by atoms with Crippen LogP contribution in [0.3, 0.4) is 0 Å². The highest BCUT2D eigenvalue weighted by Gasteiger charge is 2.68. The highest BCUT2D eigenvalue weighted by Crippen LogP contribution is 2.72. The maximum atomic E-state index is 7.25. The average Bonchev–Trinajstić information content (AvgIpc) is 2.86. The fourth-order valence-corrected chi connectivity index (χ4v) is 16.3. The van der Waals surface area contributed by atoms with Crippen molar-refractivity contribution < 1.29 is 0 Å². The Labute approximate surface area is 248 Å². The minimum Gasteiger partial charge on any atom is -0.0840 e. The lowest BCUT2D eigenvalue weighted by molar-refractivity contribution is 0.439. The molecule has 4 aromatic rings. The van der Waals surface area contributed by atoms with Crippen molar-refractivity contribution in [1.29, 1.82) is 0 Å². The number of hydrogen-bond donors (Lipinski definition) is 0. The lowest BCUT2D eigenvalue weighted by Crippen LogP contribution is -2.68. The molecule has 0 saturated carbocycles. The lowest BCUT2D eigenvalue weighted by Gasteiger charge is -2.65. The Kier molecular flexibility index (Phi) is 5.68. The van der Waals surface area contributed by atoms with Gasteiger partial charge in [0.05, 0.1) is 17.6 Å². The van der Waals surface area contributed by atoms with E-state index in [2.05, 4.69) is 74.7 Å². The van der Waals surface area contributed by atoms with Crippen LogP contribution in [0.25, 0.3) is 0 Å². The Morgan fingerprint density at radius 2 is 0.684 bits per heavy atom. The fraction of sp³-hybridized carbons (Fsp3) is 0.250. The summed E-state index contributed by atoms with van der Waals surface area (Å²) in [7, 11) is -2.25. The molecule has 6 aliphatic carbocycles. The van der Waals surface area contributed by atoms with Crippen molar-refractivity contribution in [2.24, 2.45) is 0 Å². The summed E-state index contributed by atoms with van der Waals surface area (Å²) >= 11 is 29.0. The summed E-state index contributed by atoms with van der Waals surface area (Å²) in [4.78, 5) is 0. The van der Waals surface area contributed by atoms with E-state index in [1.807, 2.05) is 24.3 Å². The maximum absolute atomic E-state index is 7.25. The van der Waals surface area contributed by atoms with Crippen LogP contribution in [0, 0.1) is 0 Å². The van der Waals surface area contributed by atoms with Crippen LogP contribution < -0.4 is 0 Å². The first-order valence-electron chi connectivity index (χ1n) is 13.0. The molecule has 0 spiro atoms. The van der Waals surface area contributed by atoms with E-state index in [1.165, 1.54) is 44.5 Å². The molecule has 0 aliphatic heterocycles. The third-order valence-corrected chi connectivity index (χ3v) is 15.9. The van der Waals surface area contributed by atoms with Crippen LogP contribution in [0.5, 0.6) is 0 Å². The molecule has 38 heavy (non-hydrogen) atoms. The van der Waals surface area contributed by atoms with Gasteiger partial charge in [0.25, 0.3) is 0 Å². The van der Waals surface area contributed by atoms with Crippen LogP contribution in [0.2, 0.25) is 46.3 Å². The minimum atomic E-state index is -1.13. The average molecular weight is 609 g/mol. The zero-order valence-electron chi connectivity index (χ0n) is 21.6. The molecule has 2 radical (unpaired) electrons. The Morgan fingerprint density at radius 3 is 0.895 bits per heavy atom. The van der Waals surface area contributed by atoms with E-state index in [0.717, 1.165) is 20.1 Å². The number of halogens is 4. The third-order valence-electron chi connectivity index (χ3n) is 9.47. The van der Waals surface area contributed by atoms with Gasteiger partial charge in [0.2, 0.25) is 0 Å². The molecule has 0 heterocycles. The summed E-state index contributed by atoms with van der Waals surface area (Å²) in [5.41, 5.74) is 10.3. The van der Waals surface area contributed by atoms with E-state index in [1.54, 1.807) is 0 Å². The van der Waals surface area contributed by atoms with E-state index in [-0.39, 0.29) is 21.9 Å². The summed E-state index contributed by atoms with van der Waals surface area (Å²) in [5.74, 6) is -0.200. The van der Waals surface area contributed by atoms with E-state index < -0.39 is 17.6 Å². The quantitative estimate of drug-likeness (QED) is 0.199. The van der Waals surface area contributed by atoms with Crippen LogP contribution in [-0.4, -0.2) is 17.6 Å². The molecule has 6 heteroatoms. The zero-order chi connectivity index (χ0) is 26.7. The van der Waals surface area contributed by atoms with Crippen molar-refractivity contribution in [3.63, 3.8) is 0 Å². The van der Waals surface area contributed by atoms with Gasteiger partial charge in [-0.25, -0.2) is 0 Å². The van der Waals surface area contributed by atoms with Gasteiger partial charge < -0.3 is 0 Å². The summed E-state index contributed by atoms with van der Waals surface area (Å²) in [5, 5.41) is 2.54. The summed E-state index contributed by atoms with van der Waals surface area (Å²) in [6.45, 7) is 9.87. The molecule has 4 aromatic carbocycles. The Morgan fingerprint density at radius 1 is 0.447 bits per heavy atom. The molecular formula is C32H26Cl4Si2. The van der Waals surface area contributed by atoms with Crippen LogP contribution in [0.4, 0.5) is 0 Å². The van der Waals surface area contributed by atoms with Crippen molar-refractivity contribution in [2.75, 3.05) is 0 Å². The van der Waals surface area contributed by atoms with E-state index >= 15 is 0 Å². The van der Waals surface area contributed by atoms with E-state index in [9.17, 15) is 0 Å². The van der Waals surface area contributed by atoms with Gasteiger partial charge in [-0.15, -0.1) is 0 Å². The van der Waals surface area contributed by atoms with Crippen molar-refractivity contribution in [2.45, 2.75) is 48.1 Å². The SMILES string of the molecule is C[Si](C)C12c3cccc(Cl)c3C(c3c(Cl)cccc31)C1c3c(Cl)cccc3C2([Si](C)C)c2cccc(Cl)c21. The van der Waals surface area contributed by atoms with Gasteiger partial charge in [0.1, 0.15) is 0 Å². The minimum absolute atomic E-state index is 0.100. The zero-order valence-corrected chi connectivity index (χ0v) is 26.6. The first-order valence-corrected chi connectivity index (χ1v) is 19.5. The predicted octanol–water partition coefficient (Wildman–Crippen LogP) is 10.1. The van der Waals surface area contributed by atoms with E-state index in [4.69, 9.17) is 46.4 Å². The smallest absolute Gasteiger partial charge is 0.0610 e. The van der Waals surface area contributed by atoms with Gasteiger partial charge >= 0.3 is 0 Å². The van der Waals surface area contributed by atoms with E-state index in [0.29, 0.717) is 0 Å². The Bertz CT molecular complexity index is 1430. The van der Waals surface area contributed by atoms with Crippen LogP contribution in [-0.2, 0) is 10.1 Å². The molecule has 4 bridgehead atoms. The highest BCUT2D eigenvalue weighted by atomic mass is 35.5. The van der Waals surface area contributed by atoms with Gasteiger partial charge in [0, 0.05) is 42.0 Å². The summed E-state index contributed by atoms with van der Waals surface area (Å²) in [6, 6.07) is 26.2. The topological polar surface area (TPSA) is 0 Å². The van der Waals surface area contributed by atoms with Crippen LogP contribution in [0.15, 0.2) is 72.8 Å². The molecule has 0 fully saturated rings. The molecule has 0 unspecified atom stereocenters. The van der Waals surface area contributed by atoms with Gasteiger partial charge in [0.15, 0.2) is 0 Å². The summed E-state index contributed by atoms with van der Waals surface area (Å²) < 4.78 is 0. The van der Waals surface area contributed by atoms with Crippen molar-refractivity contribution >= 4 is 64.0 Å². The van der Waals surface area contributed by atoms with Crippen molar-refractivity contribution in [3.05, 3.63) is 137 Å². The van der Waals surface area contributed by atoms with Gasteiger partial charge in [-0.1, -0.05) is 121 Å². The predicted molar refractivity (Wildman–Crippen MR) is 166 cm³/mol. The molecule has 0 aromatic heterocycles. The first kappa shape index (κ1) is 25.4.